The first-order valence-electron chi connectivity index (χ1n) is 6.42. The molecule has 0 bridgehead atoms. The molecule has 0 heterocycles. The second-order valence-corrected chi connectivity index (χ2v) is 3.77. The molecular formula is C14H20O5. The quantitative estimate of drug-likeness (QED) is 0.391. The first-order valence-corrected chi connectivity index (χ1v) is 6.42. The predicted molar refractivity (Wildman–Crippen MR) is 70.1 cm³/mol. The summed E-state index contributed by atoms with van der Waals surface area (Å²) in [7, 11) is 0. The lowest BCUT2D eigenvalue weighted by Gasteiger charge is -2.06. The van der Waals surface area contributed by atoms with Gasteiger partial charge in [0.15, 0.2) is 0 Å². The van der Waals surface area contributed by atoms with Crippen molar-refractivity contribution in [2.24, 2.45) is 0 Å². The number of ether oxygens (including phenoxy) is 2. The van der Waals surface area contributed by atoms with Crippen molar-refractivity contribution >= 4 is 5.97 Å². The molecule has 0 unspecified atom stereocenters. The zero-order valence-electron chi connectivity index (χ0n) is 11.4. The average molecular weight is 268 g/mol. The van der Waals surface area contributed by atoms with Gasteiger partial charge in [-0.3, -0.25) is 4.89 Å². The van der Waals surface area contributed by atoms with Gasteiger partial charge in [-0.15, -0.1) is 0 Å². The Morgan fingerprint density at radius 2 is 2.00 bits per heavy atom. The van der Waals surface area contributed by atoms with Crippen molar-refractivity contribution in [1.82, 2.24) is 0 Å². The Balaban J connectivity index is 2.30. The van der Waals surface area contributed by atoms with Crippen LogP contribution in [0.5, 0.6) is 5.75 Å². The maximum absolute atomic E-state index is 11.6. The van der Waals surface area contributed by atoms with Crippen molar-refractivity contribution in [2.45, 2.75) is 20.3 Å². The molecule has 1 aromatic carbocycles. The molecule has 0 amide bonds. The summed E-state index contributed by atoms with van der Waals surface area (Å²) in [6.07, 6.45) is 0.948. The van der Waals surface area contributed by atoms with Gasteiger partial charge in [0.25, 0.3) is 0 Å². The van der Waals surface area contributed by atoms with E-state index in [1.807, 2.05) is 13.8 Å². The van der Waals surface area contributed by atoms with Crippen LogP contribution in [-0.2, 0) is 14.5 Å². The molecule has 0 saturated carbocycles. The van der Waals surface area contributed by atoms with Crippen molar-refractivity contribution in [2.75, 3.05) is 26.4 Å². The monoisotopic (exact) mass is 268 g/mol. The van der Waals surface area contributed by atoms with Crippen molar-refractivity contribution in [3.63, 3.8) is 0 Å². The van der Waals surface area contributed by atoms with E-state index in [0.717, 1.165) is 6.42 Å². The molecule has 0 radical (unpaired) electrons. The molecule has 0 spiro atoms. The lowest BCUT2D eigenvalue weighted by atomic mass is 10.2. The number of carbonyl (C=O) groups is 1. The molecule has 1 rings (SSSR count). The second kappa shape index (κ2) is 9.35. The fourth-order valence-electron chi connectivity index (χ4n) is 1.36. The van der Waals surface area contributed by atoms with E-state index in [0.29, 0.717) is 31.1 Å². The van der Waals surface area contributed by atoms with Crippen LogP contribution in [0, 0.1) is 0 Å². The van der Waals surface area contributed by atoms with E-state index in [1.54, 1.807) is 24.3 Å². The van der Waals surface area contributed by atoms with Crippen LogP contribution in [0.4, 0.5) is 0 Å². The van der Waals surface area contributed by atoms with E-state index < -0.39 is 5.97 Å². The van der Waals surface area contributed by atoms with Gasteiger partial charge in [-0.05, 0) is 31.5 Å². The molecule has 106 valence electrons. The Kier molecular flexibility index (Phi) is 7.62. The summed E-state index contributed by atoms with van der Waals surface area (Å²) >= 11 is 0. The second-order valence-electron chi connectivity index (χ2n) is 3.77. The number of hydrogen-bond acceptors (Lipinski definition) is 5. The molecule has 0 atom stereocenters. The summed E-state index contributed by atoms with van der Waals surface area (Å²) in [6.45, 7) is 5.74. The van der Waals surface area contributed by atoms with Crippen LogP contribution in [0.3, 0.4) is 0 Å². The Bertz CT molecular complexity index is 378. The summed E-state index contributed by atoms with van der Waals surface area (Å²) in [4.78, 5) is 21.1. The third-order valence-electron chi connectivity index (χ3n) is 2.17. The maximum atomic E-state index is 11.6. The topological polar surface area (TPSA) is 54.0 Å². The van der Waals surface area contributed by atoms with Gasteiger partial charge >= 0.3 is 5.97 Å². The van der Waals surface area contributed by atoms with Gasteiger partial charge in [0.2, 0.25) is 0 Å². The first kappa shape index (κ1) is 15.5. The SMILES string of the molecule is CCCOCCOOC(=O)c1cccc(OCC)c1. The largest absolute Gasteiger partial charge is 0.494 e. The summed E-state index contributed by atoms with van der Waals surface area (Å²) in [6, 6.07) is 6.76. The third kappa shape index (κ3) is 6.22. The van der Waals surface area contributed by atoms with Gasteiger partial charge < -0.3 is 9.47 Å². The molecule has 5 heteroatoms. The van der Waals surface area contributed by atoms with Crippen LogP contribution in [0.1, 0.15) is 30.6 Å². The standard InChI is InChI=1S/C14H20O5/c1-3-8-16-9-10-18-19-14(15)12-6-5-7-13(11-12)17-4-2/h5-7,11H,3-4,8-10H2,1-2H3. The molecule has 19 heavy (non-hydrogen) atoms. The van der Waals surface area contributed by atoms with Gasteiger partial charge in [0.05, 0.1) is 18.8 Å². The first-order chi connectivity index (χ1) is 9.27. The highest BCUT2D eigenvalue weighted by Crippen LogP contribution is 2.14. The van der Waals surface area contributed by atoms with Crippen LogP contribution in [-0.4, -0.2) is 32.4 Å². The Morgan fingerprint density at radius 3 is 2.74 bits per heavy atom. The average Bonchev–Trinajstić information content (AvgIpc) is 2.43. The van der Waals surface area contributed by atoms with E-state index in [9.17, 15) is 4.79 Å². The van der Waals surface area contributed by atoms with Crippen LogP contribution < -0.4 is 4.74 Å². The zero-order chi connectivity index (χ0) is 13.9. The summed E-state index contributed by atoms with van der Waals surface area (Å²) in [5.41, 5.74) is 0.389. The highest BCUT2D eigenvalue weighted by atomic mass is 17.2. The fraction of sp³-hybridized carbons (Fsp3) is 0.500. The van der Waals surface area contributed by atoms with Gasteiger partial charge in [0.1, 0.15) is 12.4 Å². The molecule has 0 fully saturated rings. The molecule has 1 aromatic rings. The van der Waals surface area contributed by atoms with E-state index in [2.05, 4.69) is 4.89 Å². The van der Waals surface area contributed by atoms with Gasteiger partial charge in [-0.25, -0.2) is 4.79 Å². The lowest BCUT2D eigenvalue weighted by Crippen LogP contribution is -2.10. The van der Waals surface area contributed by atoms with Gasteiger partial charge in [-0.2, -0.15) is 4.89 Å². The zero-order valence-corrected chi connectivity index (χ0v) is 11.4. The van der Waals surface area contributed by atoms with Crippen LogP contribution >= 0.6 is 0 Å². The minimum Gasteiger partial charge on any atom is -0.494 e. The van der Waals surface area contributed by atoms with Crippen molar-refractivity contribution in [3.05, 3.63) is 29.8 Å². The molecule has 5 nitrogen and oxygen atoms in total. The maximum Gasteiger partial charge on any atom is 0.373 e. The smallest absolute Gasteiger partial charge is 0.373 e. The molecule has 0 aliphatic heterocycles. The summed E-state index contributed by atoms with van der Waals surface area (Å²) < 4.78 is 10.5. The van der Waals surface area contributed by atoms with Crippen molar-refractivity contribution in [3.8, 4) is 5.75 Å². The van der Waals surface area contributed by atoms with E-state index in [4.69, 9.17) is 14.4 Å². The summed E-state index contributed by atoms with van der Waals surface area (Å²) in [5, 5.41) is 0. The number of benzene rings is 1. The van der Waals surface area contributed by atoms with Crippen molar-refractivity contribution in [1.29, 1.82) is 0 Å². The lowest BCUT2D eigenvalue weighted by molar-refractivity contribution is -0.247. The third-order valence-corrected chi connectivity index (χ3v) is 2.17. The van der Waals surface area contributed by atoms with Crippen LogP contribution in [0.15, 0.2) is 24.3 Å². The molecule has 0 N–H and O–H groups in total. The highest BCUT2D eigenvalue weighted by Gasteiger charge is 2.09. The van der Waals surface area contributed by atoms with Crippen LogP contribution in [0.2, 0.25) is 0 Å². The predicted octanol–water partition coefficient (Wildman–Crippen LogP) is 2.60. The minimum atomic E-state index is -0.544. The molecule has 0 aromatic heterocycles. The number of rotatable bonds is 9. The Hall–Kier alpha value is -1.59. The van der Waals surface area contributed by atoms with Gasteiger partial charge in [-0.1, -0.05) is 13.0 Å². The molecule has 0 saturated heterocycles. The molecule has 0 aliphatic rings. The molecule has 0 aliphatic carbocycles. The van der Waals surface area contributed by atoms with Gasteiger partial charge in [0, 0.05) is 6.61 Å². The van der Waals surface area contributed by atoms with Crippen LogP contribution in [0.25, 0.3) is 0 Å². The van der Waals surface area contributed by atoms with E-state index >= 15 is 0 Å². The Morgan fingerprint density at radius 1 is 1.16 bits per heavy atom. The van der Waals surface area contributed by atoms with Crippen molar-refractivity contribution < 1.29 is 24.0 Å². The summed E-state index contributed by atoms with van der Waals surface area (Å²) in [5.74, 6) is 0.0836. The van der Waals surface area contributed by atoms with E-state index in [1.165, 1.54) is 0 Å². The number of hydrogen-bond donors (Lipinski definition) is 0. The number of carbonyl (C=O) groups excluding carboxylic acids is 1. The highest BCUT2D eigenvalue weighted by molar-refractivity contribution is 5.89. The normalized spacial score (nSPS) is 10.2. The minimum absolute atomic E-state index is 0.219. The van der Waals surface area contributed by atoms with E-state index in [-0.39, 0.29) is 6.61 Å². The Labute approximate surface area is 113 Å². The molecular weight excluding hydrogens is 248 g/mol. The fourth-order valence-corrected chi connectivity index (χ4v) is 1.36.